The van der Waals surface area contributed by atoms with Gasteiger partial charge in [-0.1, -0.05) is 6.07 Å². The van der Waals surface area contributed by atoms with E-state index in [9.17, 15) is 0 Å². The number of nitrogens with two attached hydrogens (primary N) is 1. The molecule has 1 aromatic carbocycles. The first kappa shape index (κ1) is 9.55. The lowest BCUT2D eigenvalue weighted by Crippen LogP contribution is -2.04. The molecule has 0 fully saturated rings. The minimum absolute atomic E-state index is 0.0622. The van der Waals surface area contributed by atoms with Crippen LogP contribution < -0.4 is 10.5 Å². The Labute approximate surface area is 80.8 Å². The van der Waals surface area contributed by atoms with Crippen molar-refractivity contribution in [2.45, 2.75) is 13.0 Å². The zero-order chi connectivity index (χ0) is 9.14. The molecule has 0 unspecified atom stereocenters. The second kappa shape index (κ2) is 3.92. The Morgan fingerprint density at radius 2 is 2.17 bits per heavy atom. The van der Waals surface area contributed by atoms with E-state index in [1.807, 2.05) is 25.1 Å². The highest BCUT2D eigenvalue weighted by Crippen LogP contribution is 2.27. The van der Waals surface area contributed by atoms with Gasteiger partial charge in [0.15, 0.2) is 0 Å². The molecule has 0 radical (unpaired) electrons. The Kier molecular flexibility index (Phi) is 3.12. The van der Waals surface area contributed by atoms with Crippen LogP contribution >= 0.6 is 15.9 Å². The maximum Gasteiger partial charge on any atom is 0.133 e. The third-order valence-corrected chi connectivity index (χ3v) is 2.32. The van der Waals surface area contributed by atoms with Crippen molar-refractivity contribution in [1.29, 1.82) is 0 Å². The molecule has 0 saturated heterocycles. The summed E-state index contributed by atoms with van der Waals surface area (Å²) in [6, 6.07) is 5.91. The smallest absolute Gasteiger partial charge is 0.133 e. The summed E-state index contributed by atoms with van der Waals surface area (Å²) in [5, 5.41) is 0. The highest BCUT2D eigenvalue weighted by atomic mass is 79.9. The molecule has 66 valence electrons. The van der Waals surface area contributed by atoms with Gasteiger partial charge < -0.3 is 10.5 Å². The first-order chi connectivity index (χ1) is 5.65. The van der Waals surface area contributed by atoms with Gasteiger partial charge in [0.05, 0.1) is 11.6 Å². The van der Waals surface area contributed by atoms with Crippen molar-refractivity contribution in [3.05, 3.63) is 28.2 Å². The Balaban J connectivity index is 3.02. The van der Waals surface area contributed by atoms with Crippen LogP contribution in [0, 0.1) is 0 Å². The fraction of sp³-hybridized carbons (Fsp3) is 0.333. The Bertz CT molecular complexity index is 273. The molecule has 0 aliphatic rings. The number of hydrogen-bond acceptors (Lipinski definition) is 2. The SMILES string of the molecule is COc1ccc([C@@H](C)N)cc1Br. The van der Waals surface area contributed by atoms with E-state index in [0.29, 0.717) is 0 Å². The molecule has 1 aromatic rings. The van der Waals surface area contributed by atoms with Crippen molar-refractivity contribution in [3.8, 4) is 5.75 Å². The highest BCUT2D eigenvalue weighted by Gasteiger charge is 2.03. The summed E-state index contributed by atoms with van der Waals surface area (Å²) in [6.45, 7) is 1.95. The number of methoxy groups -OCH3 is 1. The fourth-order valence-electron chi connectivity index (χ4n) is 0.966. The molecule has 12 heavy (non-hydrogen) atoms. The zero-order valence-corrected chi connectivity index (χ0v) is 8.76. The van der Waals surface area contributed by atoms with E-state index in [1.54, 1.807) is 7.11 Å². The fourth-order valence-corrected chi connectivity index (χ4v) is 1.52. The number of halogens is 1. The van der Waals surface area contributed by atoms with Crippen LogP contribution in [0.15, 0.2) is 22.7 Å². The number of benzene rings is 1. The van der Waals surface area contributed by atoms with E-state index in [2.05, 4.69) is 15.9 Å². The lowest BCUT2D eigenvalue weighted by atomic mass is 10.1. The Morgan fingerprint density at radius 3 is 2.58 bits per heavy atom. The monoisotopic (exact) mass is 229 g/mol. The predicted octanol–water partition coefficient (Wildman–Crippen LogP) is 2.48. The van der Waals surface area contributed by atoms with Gasteiger partial charge >= 0.3 is 0 Å². The molecule has 0 aliphatic heterocycles. The molecule has 0 spiro atoms. The van der Waals surface area contributed by atoms with E-state index >= 15 is 0 Å². The second-order valence-electron chi connectivity index (χ2n) is 2.68. The van der Waals surface area contributed by atoms with Crippen LogP contribution in [0.4, 0.5) is 0 Å². The minimum atomic E-state index is 0.0622. The third-order valence-electron chi connectivity index (χ3n) is 1.70. The lowest BCUT2D eigenvalue weighted by Gasteiger charge is -2.08. The molecule has 0 heterocycles. The summed E-state index contributed by atoms with van der Waals surface area (Å²) >= 11 is 3.40. The summed E-state index contributed by atoms with van der Waals surface area (Å²) < 4.78 is 6.04. The summed E-state index contributed by atoms with van der Waals surface area (Å²) in [5.41, 5.74) is 6.81. The van der Waals surface area contributed by atoms with Crippen LogP contribution in [-0.2, 0) is 0 Å². The van der Waals surface area contributed by atoms with E-state index in [0.717, 1.165) is 15.8 Å². The van der Waals surface area contributed by atoms with Crippen molar-refractivity contribution in [3.63, 3.8) is 0 Å². The molecule has 0 amide bonds. The lowest BCUT2D eigenvalue weighted by molar-refractivity contribution is 0.412. The van der Waals surface area contributed by atoms with Crippen molar-refractivity contribution in [1.82, 2.24) is 0 Å². The van der Waals surface area contributed by atoms with Gasteiger partial charge in [0, 0.05) is 6.04 Å². The van der Waals surface area contributed by atoms with Gasteiger partial charge in [0.1, 0.15) is 5.75 Å². The molecule has 1 rings (SSSR count). The second-order valence-corrected chi connectivity index (χ2v) is 3.54. The summed E-state index contributed by atoms with van der Waals surface area (Å²) in [5.74, 6) is 0.833. The normalized spacial score (nSPS) is 12.7. The van der Waals surface area contributed by atoms with Gasteiger partial charge in [-0.25, -0.2) is 0 Å². The van der Waals surface area contributed by atoms with Gasteiger partial charge in [-0.15, -0.1) is 0 Å². The first-order valence-corrected chi connectivity index (χ1v) is 4.53. The van der Waals surface area contributed by atoms with Crippen LogP contribution in [0.2, 0.25) is 0 Å². The predicted molar refractivity (Wildman–Crippen MR) is 53.3 cm³/mol. The summed E-state index contributed by atoms with van der Waals surface area (Å²) in [6.07, 6.45) is 0. The van der Waals surface area contributed by atoms with Crippen molar-refractivity contribution in [2.75, 3.05) is 7.11 Å². The maximum atomic E-state index is 5.71. The highest BCUT2D eigenvalue weighted by molar-refractivity contribution is 9.10. The average Bonchev–Trinajstić information content (AvgIpc) is 2.04. The Hall–Kier alpha value is -0.540. The van der Waals surface area contributed by atoms with E-state index in [1.165, 1.54) is 0 Å². The van der Waals surface area contributed by atoms with E-state index in [4.69, 9.17) is 10.5 Å². The molecule has 0 aromatic heterocycles. The first-order valence-electron chi connectivity index (χ1n) is 3.74. The van der Waals surface area contributed by atoms with Crippen molar-refractivity contribution in [2.24, 2.45) is 5.73 Å². The molecule has 3 heteroatoms. The van der Waals surface area contributed by atoms with Crippen LogP contribution in [0.3, 0.4) is 0 Å². The van der Waals surface area contributed by atoms with Gasteiger partial charge in [-0.05, 0) is 40.5 Å². The topological polar surface area (TPSA) is 35.2 Å². The molecular formula is C9H12BrNO. The average molecular weight is 230 g/mol. The van der Waals surface area contributed by atoms with Gasteiger partial charge in [0.25, 0.3) is 0 Å². The van der Waals surface area contributed by atoms with Crippen LogP contribution in [0.1, 0.15) is 18.5 Å². The van der Waals surface area contributed by atoms with Gasteiger partial charge in [0.2, 0.25) is 0 Å². The maximum absolute atomic E-state index is 5.71. The van der Waals surface area contributed by atoms with Crippen LogP contribution in [0.25, 0.3) is 0 Å². The molecule has 1 atom stereocenters. The van der Waals surface area contributed by atoms with Crippen molar-refractivity contribution < 1.29 is 4.74 Å². The minimum Gasteiger partial charge on any atom is -0.496 e. The Morgan fingerprint density at radius 1 is 1.50 bits per heavy atom. The van der Waals surface area contributed by atoms with Gasteiger partial charge in [-0.2, -0.15) is 0 Å². The largest absolute Gasteiger partial charge is 0.496 e. The number of ether oxygens (including phenoxy) is 1. The zero-order valence-electron chi connectivity index (χ0n) is 7.17. The third kappa shape index (κ3) is 1.99. The van der Waals surface area contributed by atoms with Crippen molar-refractivity contribution >= 4 is 15.9 Å². The summed E-state index contributed by atoms with van der Waals surface area (Å²) in [4.78, 5) is 0. The van der Waals surface area contributed by atoms with E-state index in [-0.39, 0.29) is 6.04 Å². The molecule has 2 N–H and O–H groups in total. The molecule has 2 nitrogen and oxygen atoms in total. The number of rotatable bonds is 2. The van der Waals surface area contributed by atoms with Gasteiger partial charge in [-0.3, -0.25) is 0 Å². The van der Waals surface area contributed by atoms with Crippen LogP contribution in [-0.4, -0.2) is 7.11 Å². The van der Waals surface area contributed by atoms with E-state index < -0.39 is 0 Å². The molecule has 0 saturated carbocycles. The quantitative estimate of drug-likeness (QED) is 0.846. The molecule has 0 bridgehead atoms. The van der Waals surface area contributed by atoms with Crippen LogP contribution in [0.5, 0.6) is 5.75 Å². The molecule has 0 aliphatic carbocycles. The number of hydrogen-bond donors (Lipinski definition) is 1. The summed E-state index contributed by atoms with van der Waals surface area (Å²) in [7, 11) is 1.64. The molecular weight excluding hydrogens is 218 g/mol. The standard InChI is InChI=1S/C9H12BrNO/c1-6(11)7-3-4-9(12-2)8(10)5-7/h3-6H,11H2,1-2H3/t6-/m1/s1.